The summed E-state index contributed by atoms with van der Waals surface area (Å²) in [6.07, 6.45) is 2.23. The zero-order valence-electron chi connectivity index (χ0n) is 17.8. The Labute approximate surface area is 168 Å². The summed E-state index contributed by atoms with van der Waals surface area (Å²) in [5.41, 5.74) is 0. The number of amides is 2. The molecule has 2 rings (SSSR count). The second-order valence-corrected chi connectivity index (χ2v) is 7.58. The Morgan fingerprint density at radius 2 is 1.71 bits per heavy atom. The Bertz CT molecular complexity index is 540. The first kappa shape index (κ1) is 22.4. The Morgan fingerprint density at radius 3 is 2.29 bits per heavy atom. The van der Waals surface area contributed by atoms with Crippen LogP contribution in [0.3, 0.4) is 0 Å². The van der Waals surface area contributed by atoms with Crippen molar-refractivity contribution in [1.82, 2.24) is 24.9 Å². The number of ether oxygens (including phenoxy) is 1. The molecule has 0 aromatic carbocycles. The van der Waals surface area contributed by atoms with Crippen molar-refractivity contribution < 1.29 is 14.3 Å². The number of aliphatic imine (C=N–C) groups is 1. The molecule has 2 heterocycles. The van der Waals surface area contributed by atoms with Crippen molar-refractivity contribution in [2.75, 3.05) is 80.2 Å². The van der Waals surface area contributed by atoms with Gasteiger partial charge in [-0.2, -0.15) is 0 Å². The standard InChI is InChI=1S/C19H36N6O3/c1-16(18(27)24-8-5-6-9-24)23-10-12-25(13-11-23)19(20-7-14-28-4)21-15-17(26)22(2)3/h16H,5-15H2,1-4H3,(H,20,21). The van der Waals surface area contributed by atoms with Gasteiger partial charge < -0.3 is 24.8 Å². The highest BCUT2D eigenvalue weighted by Gasteiger charge is 2.30. The Kier molecular flexibility index (Phi) is 8.98. The van der Waals surface area contributed by atoms with E-state index in [0.29, 0.717) is 13.2 Å². The maximum atomic E-state index is 12.7. The van der Waals surface area contributed by atoms with Gasteiger partial charge in [0.25, 0.3) is 0 Å². The van der Waals surface area contributed by atoms with Crippen LogP contribution in [-0.4, -0.2) is 124 Å². The number of carbonyl (C=O) groups is 2. The van der Waals surface area contributed by atoms with E-state index in [1.807, 2.05) is 11.8 Å². The molecule has 2 aliphatic rings. The second kappa shape index (κ2) is 11.2. The minimum Gasteiger partial charge on any atom is -0.383 e. The molecule has 0 aliphatic carbocycles. The molecule has 0 bridgehead atoms. The number of hydrogen-bond donors (Lipinski definition) is 1. The average Bonchev–Trinajstić information content (AvgIpc) is 3.24. The van der Waals surface area contributed by atoms with E-state index in [2.05, 4.69) is 20.1 Å². The van der Waals surface area contributed by atoms with Crippen LogP contribution in [0.2, 0.25) is 0 Å². The number of carbonyl (C=O) groups excluding carboxylic acids is 2. The zero-order valence-corrected chi connectivity index (χ0v) is 17.8. The lowest BCUT2D eigenvalue weighted by molar-refractivity contribution is -0.135. The summed E-state index contributed by atoms with van der Waals surface area (Å²) in [7, 11) is 5.12. The topological polar surface area (TPSA) is 80.7 Å². The summed E-state index contributed by atoms with van der Waals surface area (Å²) in [6, 6.07) is -0.0857. The number of nitrogens with zero attached hydrogens (tertiary/aromatic N) is 5. The molecule has 0 aromatic rings. The first-order valence-electron chi connectivity index (χ1n) is 10.2. The SMILES string of the molecule is COCCNC(=NCC(=O)N(C)C)N1CCN(C(C)C(=O)N2CCCC2)CC1. The highest BCUT2D eigenvalue weighted by molar-refractivity contribution is 5.85. The van der Waals surface area contributed by atoms with Gasteiger partial charge in [-0.25, -0.2) is 4.99 Å². The maximum absolute atomic E-state index is 12.7. The Hall–Kier alpha value is -1.87. The van der Waals surface area contributed by atoms with E-state index in [-0.39, 0.29) is 24.4 Å². The quantitative estimate of drug-likeness (QED) is 0.348. The van der Waals surface area contributed by atoms with Crippen LogP contribution >= 0.6 is 0 Å². The number of guanidine groups is 1. The van der Waals surface area contributed by atoms with Gasteiger partial charge in [-0.15, -0.1) is 0 Å². The van der Waals surface area contributed by atoms with Crippen LogP contribution in [-0.2, 0) is 14.3 Å². The van der Waals surface area contributed by atoms with Gasteiger partial charge in [-0.1, -0.05) is 0 Å². The highest BCUT2D eigenvalue weighted by Crippen LogP contribution is 2.14. The molecule has 9 nitrogen and oxygen atoms in total. The van der Waals surface area contributed by atoms with Crippen LogP contribution in [0.15, 0.2) is 4.99 Å². The molecule has 2 saturated heterocycles. The lowest BCUT2D eigenvalue weighted by Crippen LogP contribution is -2.57. The maximum Gasteiger partial charge on any atom is 0.243 e. The number of methoxy groups -OCH3 is 1. The minimum absolute atomic E-state index is 0.0329. The molecule has 0 spiro atoms. The van der Waals surface area contributed by atoms with Gasteiger partial charge in [0.1, 0.15) is 6.54 Å². The number of nitrogens with one attached hydrogen (secondary N) is 1. The molecule has 1 unspecified atom stereocenters. The molecule has 160 valence electrons. The van der Waals surface area contributed by atoms with Crippen molar-refractivity contribution in [2.45, 2.75) is 25.8 Å². The fraction of sp³-hybridized carbons (Fsp3) is 0.842. The van der Waals surface area contributed by atoms with Crippen molar-refractivity contribution in [3.8, 4) is 0 Å². The number of rotatable bonds is 7. The number of hydrogen-bond acceptors (Lipinski definition) is 5. The molecule has 0 aromatic heterocycles. The van der Waals surface area contributed by atoms with Crippen molar-refractivity contribution in [1.29, 1.82) is 0 Å². The zero-order chi connectivity index (χ0) is 20.5. The van der Waals surface area contributed by atoms with E-state index in [1.165, 1.54) is 0 Å². The molecule has 0 saturated carbocycles. The van der Waals surface area contributed by atoms with E-state index >= 15 is 0 Å². The van der Waals surface area contributed by atoms with Crippen molar-refractivity contribution in [3.05, 3.63) is 0 Å². The van der Waals surface area contributed by atoms with Gasteiger partial charge in [0.15, 0.2) is 5.96 Å². The molecule has 0 radical (unpaired) electrons. The second-order valence-electron chi connectivity index (χ2n) is 7.58. The van der Waals surface area contributed by atoms with Crippen LogP contribution in [0.25, 0.3) is 0 Å². The molecule has 2 aliphatic heterocycles. The number of likely N-dealkylation sites (N-methyl/N-ethyl adjacent to an activating group) is 1. The van der Waals surface area contributed by atoms with Gasteiger partial charge in [0.2, 0.25) is 11.8 Å². The Morgan fingerprint density at radius 1 is 1.07 bits per heavy atom. The highest BCUT2D eigenvalue weighted by atomic mass is 16.5. The summed E-state index contributed by atoms with van der Waals surface area (Å²) in [4.78, 5) is 37.0. The molecule has 2 fully saturated rings. The molecular formula is C19H36N6O3. The Balaban J connectivity index is 1.90. The number of piperazine rings is 1. The minimum atomic E-state index is -0.0857. The monoisotopic (exact) mass is 396 g/mol. The van der Waals surface area contributed by atoms with Crippen LogP contribution in [0.5, 0.6) is 0 Å². The smallest absolute Gasteiger partial charge is 0.243 e. The van der Waals surface area contributed by atoms with Crippen molar-refractivity contribution in [3.63, 3.8) is 0 Å². The molecule has 2 amide bonds. The van der Waals surface area contributed by atoms with Gasteiger partial charge in [-0.05, 0) is 19.8 Å². The lowest BCUT2D eigenvalue weighted by Gasteiger charge is -2.39. The first-order chi connectivity index (χ1) is 13.4. The van der Waals surface area contributed by atoms with E-state index < -0.39 is 0 Å². The third-order valence-electron chi connectivity index (χ3n) is 5.39. The molecule has 1 N–H and O–H groups in total. The summed E-state index contributed by atoms with van der Waals surface area (Å²) >= 11 is 0. The fourth-order valence-corrected chi connectivity index (χ4v) is 3.50. The van der Waals surface area contributed by atoms with Gasteiger partial charge in [0.05, 0.1) is 12.6 Å². The first-order valence-corrected chi connectivity index (χ1v) is 10.2. The summed E-state index contributed by atoms with van der Waals surface area (Å²) in [6.45, 7) is 8.26. The summed E-state index contributed by atoms with van der Waals surface area (Å²) in [5.74, 6) is 0.939. The lowest BCUT2D eigenvalue weighted by atomic mass is 10.2. The molecule has 9 heteroatoms. The van der Waals surface area contributed by atoms with Crippen LogP contribution in [0.4, 0.5) is 0 Å². The fourth-order valence-electron chi connectivity index (χ4n) is 3.50. The summed E-state index contributed by atoms with van der Waals surface area (Å²) < 4.78 is 5.11. The largest absolute Gasteiger partial charge is 0.383 e. The molecule has 28 heavy (non-hydrogen) atoms. The molecular weight excluding hydrogens is 360 g/mol. The van der Waals surface area contributed by atoms with Crippen LogP contribution in [0, 0.1) is 0 Å². The molecule has 1 atom stereocenters. The normalized spacial score (nSPS) is 19.6. The van der Waals surface area contributed by atoms with E-state index in [1.54, 1.807) is 26.1 Å². The summed E-state index contributed by atoms with van der Waals surface area (Å²) in [5, 5.41) is 3.28. The van der Waals surface area contributed by atoms with Crippen molar-refractivity contribution in [2.24, 2.45) is 4.99 Å². The van der Waals surface area contributed by atoms with E-state index in [4.69, 9.17) is 4.74 Å². The third kappa shape index (κ3) is 6.34. The van der Waals surface area contributed by atoms with E-state index in [9.17, 15) is 9.59 Å². The third-order valence-corrected chi connectivity index (χ3v) is 5.39. The van der Waals surface area contributed by atoms with Crippen LogP contribution < -0.4 is 5.32 Å². The predicted molar refractivity (Wildman–Crippen MR) is 109 cm³/mol. The van der Waals surface area contributed by atoms with E-state index in [0.717, 1.165) is 58.1 Å². The number of likely N-dealkylation sites (tertiary alicyclic amines) is 1. The van der Waals surface area contributed by atoms with Crippen LogP contribution in [0.1, 0.15) is 19.8 Å². The van der Waals surface area contributed by atoms with Gasteiger partial charge >= 0.3 is 0 Å². The van der Waals surface area contributed by atoms with Gasteiger partial charge in [0, 0.05) is 67.0 Å². The predicted octanol–water partition coefficient (Wildman–Crippen LogP) is -0.705. The van der Waals surface area contributed by atoms with Crippen molar-refractivity contribution >= 4 is 17.8 Å². The average molecular weight is 397 g/mol. The van der Waals surface area contributed by atoms with Gasteiger partial charge in [-0.3, -0.25) is 14.5 Å².